The largest absolute Gasteiger partial charge is 0.398 e. The summed E-state index contributed by atoms with van der Waals surface area (Å²) in [4.78, 5) is 3.88. The molecule has 1 unspecified atom stereocenters. The van der Waals surface area contributed by atoms with E-state index in [9.17, 15) is 13.2 Å². The van der Waals surface area contributed by atoms with Crippen LogP contribution in [0.3, 0.4) is 0 Å². The van der Waals surface area contributed by atoms with E-state index < -0.39 is 23.5 Å². The van der Waals surface area contributed by atoms with Gasteiger partial charge >= 0.3 is 0 Å². The van der Waals surface area contributed by atoms with Crippen molar-refractivity contribution < 1.29 is 13.2 Å². The maximum absolute atomic E-state index is 13.8. The quantitative estimate of drug-likeness (QED) is 0.897. The predicted molar refractivity (Wildman–Crippen MR) is 65.9 cm³/mol. The second-order valence-corrected chi connectivity index (χ2v) is 4.01. The number of rotatable bonds is 3. The van der Waals surface area contributed by atoms with E-state index in [-0.39, 0.29) is 5.56 Å². The van der Waals surface area contributed by atoms with Gasteiger partial charge in [0.1, 0.15) is 17.5 Å². The van der Waals surface area contributed by atoms with E-state index in [1.165, 1.54) is 25.5 Å². The van der Waals surface area contributed by atoms with Crippen molar-refractivity contribution in [3.8, 4) is 0 Å². The average molecular weight is 267 g/mol. The molecule has 0 amide bonds. The molecule has 2 rings (SSSR count). The Balaban J connectivity index is 2.58. The molecule has 0 spiro atoms. The Labute approximate surface area is 108 Å². The van der Waals surface area contributed by atoms with Crippen molar-refractivity contribution >= 4 is 5.69 Å². The first-order valence-electron chi connectivity index (χ1n) is 5.55. The van der Waals surface area contributed by atoms with E-state index in [2.05, 4.69) is 10.3 Å². The van der Waals surface area contributed by atoms with Crippen molar-refractivity contribution in [3.63, 3.8) is 0 Å². The molecule has 3 N–H and O–H groups in total. The van der Waals surface area contributed by atoms with Crippen LogP contribution in [0.25, 0.3) is 0 Å². The predicted octanol–water partition coefficient (Wildman–Crippen LogP) is 2.39. The third kappa shape index (κ3) is 2.53. The van der Waals surface area contributed by atoms with Crippen LogP contribution in [0.2, 0.25) is 0 Å². The fourth-order valence-electron chi connectivity index (χ4n) is 1.94. The number of nitrogens with zero attached hydrogens (tertiary/aromatic N) is 1. The van der Waals surface area contributed by atoms with E-state index in [0.29, 0.717) is 23.4 Å². The van der Waals surface area contributed by atoms with Crippen molar-refractivity contribution in [1.82, 2.24) is 10.3 Å². The molecule has 2 aromatic rings. The van der Waals surface area contributed by atoms with Gasteiger partial charge in [0.15, 0.2) is 0 Å². The van der Waals surface area contributed by atoms with Crippen molar-refractivity contribution in [2.75, 3.05) is 12.8 Å². The second kappa shape index (κ2) is 5.27. The minimum absolute atomic E-state index is 0.288. The summed E-state index contributed by atoms with van der Waals surface area (Å²) in [5.74, 6) is -2.91. The summed E-state index contributed by atoms with van der Waals surface area (Å²) in [6.07, 6.45) is 2.89. The van der Waals surface area contributed by atoms with Gasteiger partial charge in [-0.25, -0.2) is 13.2 Å². The summed E-state index contributed by atoms with van der Waals surface area (Å²) in [5.41, 5.74) is 6.25. The van der Waals surface area contributed by atoms with Crippen molar-refractivity contribution in [2.24, 2.45) is 0 Å². The van der Waals surface area contributed by atoms with E-state index in [4.69, 9.17) is 5.73 Å². The fraction of sp³-hybridized carbons (Fsp3) is 0.154. The number of nitrogen functional groups attached to an aromatic ring is 1. The standard InChI is InChI=1S/C13H12F3N3/c1-18-13(8-6-19-3-2-11(8)17)12-9(15)4-7(14)5-10(12)16/h2-6,13,18H,1H3,(H2,17,19). The minimum atomic E-state index is -0.972. The number of benzene rings is 1. The van der Waals surface area contributed by atoms with Gasteiger partial charge in [-0.15, -0.1) is 0 Å². The highest BCUT2D eigenvalue weighted by molar-refractivity contribution is 5.50. The first kappa shape index (κ1) is 13.4. The van der Waals surface area contributed by atoms with Gasteiger partial charge in [-0.05, 0) is 13.1 Å². The van der Waals surface area contributed by atoms with Crippen LogP contribution < -0.4 is 11.1 Å². The molecule has 1 atom stereocenters. The molecule has 3 nitrogen and oxygen atoms in total. The normalized spacial score (nSPS) is 12.4. The molecule has 0 aliphatic carbocycles. The van der Waals surface area contributed by atoms with Crippen molar-refractivity contribution in [3.05, 3.63) is 59.2 Å². The summed E-state index contributed by atoms with van der Waals surface area (Å²) in [5, 5.41) is 2.75. The summed E-state index contributed by atoms with van der Waals surface area (Å²) < 4.78 is 40.5. The minimum Gasteiger partial charge on any atom is -0.398 e. The lowest BCUT2D eigenvalue weighted by Crippen LogP contribution is -2.22. The van der Waals surface area contributed by atoms with Gasteiger partial charge < -0.3 is 11.1 Å². The van der Waals surface area contributed by atoms with Crippen molar-refractivity contribution in [1.29, 1.82) is 0 Å². The van der Waals surface area contributed by atoms with Crippen LogP contribution in [-0.2, 0) is 0 Å². The van der Waals surface area contributed by atoms with Gasteiger partial charge in [0.25, 0.3) is 0 Å². The van der Waals surface area contributed by atoms with Gasteiger partial charge in [-0.2, -0.15) is 0 Å². The topological polar surface area (TPSA) is 50.9 Å². The number of hydrogen-bond acceptors (Lipinski definition) is 3. The summed E-state index contributed by atoms with van der Waals surface area (Å²) in [6, 6.07) is 1.96. The molecule has 0 aliphatic heterocycles. The Morgan fingerprint density at radius 1 is 1.21 bits per heavy atom. The van der Waals surface area contributed by atoms with Gasteiger partial charge in [-0.1, -0.05) is 0 Å². The lowest BCUT2D eigenvalue weighted by atomic mass is 9.98. The van der Waals surface area contributed by atoms with Gasteiger partial charge in [0, 0.05) is 41.3 Å². The molecule has 0 aliphatic rings. The molecule has 1 aromatic heterocycles. The highest BCUT2D eigenvalue weighted by atomic mass is 19.1. The lowest BCUT2D eigenvalue weighted by Gasteiger charge is -2.19. The van der Waals surface area contributed by atoms with Crippen LogP contribution in [0.4, 0.5) is 18.9 Å². The Hall–Kier alpha value is -2.08. The van der Waals surface area contributed by atoms with Crippen LogP contribution in [0.1, 0.15) is 17.2 Å². The van der Waals surface area contributed by atoms with Crippen molar-refractivity contribution in [2.45, 2.75) is 6.04 Å². The first-order valence-corrected chi connectivity index (χ1v) is 5.55. The van der Waals surface area contributed by atoms with Crippen LogP contribution in [0, 0.1) is 17.5 Å². The summed E-state index contributed by atoms with van der Waals surface area (Å²) in [6.45, 7) is 0. The summed E-state index contributed by atoms with van der Waals surface area (Å²) >= 11 is 0. The fourth-order valence-corrected chi connectivity index (χ4v) is 1.94. The van der Waals surface area contributed by atoms with E-state index in [1.54, 1.807) is 0 Å². The number of nitrogens with one attached hydrogen (secondary N) is 1. The maximum Gasteiger partial charge on any atom is 0.134 e. The first-order chi connectivity index (χ1) is 9.04. The number of anilines is 1. The maximum atomic E-state index is 13.8. The monoisotopic (exact) mass is 267 g/mol. The van der Waals surface area contributed by atoms with Crippen LogP contribution in [0.5, 0.6) is 0 Å². The zero-order valence-corrected chi connectivity index (χ0v) is 10.1. The molecule has 0 bridgehead atoms. The number of pyridine rings is 1. The lowest BCUT2D eigenvalue weighted by molar-refractivity contribution is 0.500. The third-order valence-electron chi connectivity index (χ3n) is 2.82. The van der Waals surface area contributed by atoms with Crippen LogP contribution >= 0.6 is 0 Å². The molecule has 100 valence electrons. The molecule has 19 heavy (non-hydrogen) atoms. The third-order valence-corrected chi connectivity index (χ3v) is 2.82. The highest BCUT2D eigenvalue weighted by Gasteiger charge is 2.23. The Bertz CT molecular complexity index is 578. The smallest absolute Gasteiger partial charge is 0.134 e. The van der Waals surface area contributed by atoms with E-state index in [0.717, 1.165) is 0 Å². The second-order valence-electron chi connectivity index (χ2n) is 4.01. The number of nitrogens with two attached hydrogens (primary N) is 1. The molecule has 0 saturated heterocycles. The van der Waals surface area contributed by atoms with Crippen LogP contribution in [-0.4, -0.2) is 12.0 Å². The zero-order valence-electron chi connectivity index (χ0n) is 10.1. The van der Waals surface area contributed by atoms with E-state index in [1.807, 2.05) is 0 Å². The number of hydrogen-bond donors (Lipinski definition) is 2. The Morgan fingerprint density at radius 2 is 1.84 bits per heavy atom. The molecule has 0 saturated carbocycles. The van der Waals surface area contributed by atoms with E-state index >= 15 is 0 Å². The molecule has 1 heterocycles. The number of aromatic nitrogens is 1. The zero-order chi connectivity index (χ0) is 14.0. The average Bonchev–Trinajstić information content (AvgIpc) is 2.34. The Morgan fingerprint density at radius 3 is 2.37 bits per heavy atom. The van der Waals surface area contributed by atoms with Gasteiger partial charge in [0.05, 0.1) is 6.04 Å². The molecular weight excluding hydrogens is 255 g/mol. The SMILES string of the molecule is CNC(c1cnccc1N)c1c(F)cc(F)cc1F. The molecular formula is C13H12F3N3. The molecule has 0 fully saturated rings. The number of halogens is 3. The molecule has 1 aromatic carbocycles. The van der Waals surface area contributed by atoms with Gasteiger partial charge in [-0.3, -0.25) is 4.98 Å². The van der Waals surface area contributed by atoms with Crippen LogP contribution in [0.15, 0.2) is 30.6 Å². The molecule has 6 heteroatoms. The summed E-state index contributed by atoms with van der Waals surface area (Å²) in [7, 11) is 1.53. The van der Waals surface area contributed by atoms with Gasteiger partial charge in [0.2, 0.25) is 0 Å². The Kier molecular flexibility index (Phi) is 3.71. The highest BCUT2D eigenvalue weighted by Crippen LogP contribution is 2.29. The molecule has 0 radical (unpaired) electrons.